The van der Waals surface area contributed by atoms with Crippen LogP contribution in [0.5, 0.6) is 0 Å². The van der Waals surface area contributed by atoms with Crippen LogP contribution in [0.4, 0.5) is 0 Å². The summed E-state index contributed by atoms with van der Waals surface area (Å²) < 4.78 is 0. The van der Waals surface area contributed by atoms with Crippen LogP contribution in [-0.4, -0.2) is 34.7 Å². The summed E-state index contributed by atoms with van der Waals surface area (Å²) in [5.41, 5.74) is 2.48. The van der Waals surface area contributed by atoms with E-state index < -0.39 is 11.7 Å². The molecule has 0 bridgehead atoms. The minimum atomic E-state index is -0.441. The van der Waals surface area contributed by atoms with Gasteiger partial charge in [0.15, 0.2) is 0 Å². The van der Waals surface area contributed by atoms with Crippen LogP contribution in [-0.2, 0) is 4.79 Å². The van der Waals surface area contributed by atoms with E-state index in [0.29, 0.717) is 23.7 Å². The lowest BCUT2D eigenvalue weighted by atomic mass is 9.94. The van der Waals surface area contributed by atoms with Crippen molar-refractivity contribution in [2.45, 2.75) is 25.2 Å². The smallest absolute Gasteiger partial charge is 0.295 e. The van der Waals surface area contributed by atoms with Gasteiger partial charge in [-0.1, -0.05) is 48.4 Å². The van der Waals surface area contributed by atoms with Gasteiger partial charge in [0.05, 0.1) is 5.56 Å². The Kier molecular flexibility index (Phi) is 4.99. The summed E-state index contributed by atoms with van der Waals surface area (Å²) in [4.78, 5) is 30.6. The summed E-state index contributed by atoms with van der Waals surface area (Å²) in [7, 11) is 0. The lowest BCUT2D eigenvalue weighted by molar-refractivity contribution is -0.126. The quantitative estimate of drug-likeness (QED) is 0.524. The van der Waals surface area contributed by atoms with Crippen LogP contribution >= 0.6 is 11.6 Å². The molecule has 4 rings (SSSR count). The molecule has 1 unspecified atom stereocenters. The van der Waals surface area contributed by atoms with E-state index in [1.807, 2.05) is 48.5 Å². The number of halogens is 1. The monoisotopic (exact) mass is 380 g/mol. The molecule has 138 valence electrons. The van der Waals surface area contributed by atoms with Gasteiger partial charge in [-0.05, 0) is 36.6 Å². The Balaban J connectivity index is 1.56. The van der Waals surface area contributed by atoms with Crippen molar-refractivity contribution in [3.05, 3.63) is 70.9 Å². The number of carbonyl (C=O) groups is 2. The summed E-state index contributed by atoms with van der Waals surface area (Å²) >= 11 is 6.00. The molecule has 4 nitrogen and oxygen atoms in total. The SMILES string of the molecule is O=C(C(=O)N1CCCCC(c2ccc(Cl)cc2)C1)c1c[nH]c2ccccc12. The Bertz CT molecular complexity index is 977. The summed E-state index contributed by atoms with van der Waals surface area (Å²) in [6, 6.07) is 15.3. The first-order valence-corrected chi connectivity index (χ1v) is 9.66. The second-order valence-electron chi connectivity index (χ2n) is 7.07. The number of aromatic amines is 1. The number of carbonyl (C=O) groups excluding carboxylic acids is 2. The maximum Gasteiger partial charge on any atom is 0.295 e. The molecule has 27 heavy (non-hydrogen) atoms. The van der Waals surface area contributed by atoms with E-state index >= 15 is 0 Å². The molecule has 1 atom stereocenters. The van der Waals surface area contributed by atoms with E-state index in [4.69, 9.17) is 11.6 Å². The third kappa shape index (κ3) is 3.62. The van der Waals surface area contributed by atoms with Crippen LogP contribution in [0.25, 0.3) is 10.9 Å². The van der Waals surface area contributed by atoms with Gasteiger partial charge in [0.25, 0.3) is 11.7 Å². The van der Waals surface area contributed by atoms with Gasteiger partial charge in [0.2, 0.25) is 0 Å². The highest BCUT2D eigenvalue weighted by atomic mass is 35.5. The van der Waals surface area contributed by atoms with Crippen molar-refractivity contribution < 1.29 is 9.59 Å². The van der Waals surface area contributed by atoms with E-state index in [9.17, 15) is 9.59 Å². The number of fused-ring (bicyclic) bond motifs is 1. The van der Waals surface area contributed by atoms with Crippen LogP contribution in [0.15, 0.2) is 54.7 Å². The topological polar surface area (TPSA) is 53.2 Å². The zero-order chi connectivity index (χ0) is 18.8. The standard InChI is InChI=1S/C22H21ClN2O2/c23-17-10-8-15(9-11-17)16-5-3-4-12-25(14-16)22(27)21(26)19-13-24-20-7-2-1-6-18(19)20/h1-2,6-11,13,16,24H,3-5,12,14H2. The maximum absolute atomic E-state index is 13.0. The Morgan fingerprint density at radius 3 is 2.63 bits per heavy atom. The minimum absolute atomic E-state index is 0.226. The highest BCUT2D eigenvalue weighted by Gasteiger charge is 2.29. The molecule has 0 radical (unpaired) electrons. The Hall–Kier alpha value is -2.59. The average Bonchev–Trinajstić information content (AvgIpc) is 2.97. The summed E-state index contributed by atoms with van der Waals surface area (Å²) in [6.07, 6.45) is 4.60. The first-order chi connectivity index (χ1) is 13.1. The fourth-order valence-corrected chi connectivity index (χ4v) is 3.98. The van der Waals surface area contributed by atoms with Gasteiger partial charge in [-0.2, -0.15) is 0 Å². The highest BCUT2D eigenvalue weighted by Crippen LogP contribution is 2.28. The summed E-state index contributed by atoms with van der Waals surface area (Å²) in [6.45, 7) is 1.19. The van der Waals surface area contributed by atoms with E-state index in [1.165, 1.54) is 5.56 Å². The second kappa shape index (κ2) is 7.57. The van der Waals surface area contributed by atoms with Crippen molar-refractivity contribution >= 4 is 34.2 Å². The molecule has 2 heterocycles. The van der Waals surface area contributed by atoms with Gasteiger partial charge in [-0.15, -0.1) is 0 Å². The van der Waals surface area contributed by atoms with Crippen molar-refractivity contribution in [2.24, 2.45) is 0 Å². The number of amides is 1. The molecule has 1 N–H and O–H groups in total. The van der Waals surface area contributed by atoms with Crippen molar-refractivity contribution in [3.63, 3.8) is 0 Å². The lowest BCUT2D eigenvalue weighted by Gasteiger charge is -2.24. The molecule has 5 heteroatoms. The number of rotatable bonds is 3. The van der Waals surface area contributed by atoms with Gasteiger partial charge < -0.3 is 9.88 Å². The number of likely N-dealkylation sites (tertiary alicyclic amines) is 1. The number of H-pyrrole nitrogens is 1. The average molecular weight is 381 g/mol. The number of nitrogens with one attached hydrogen (secondary N) is 1. The zero-order valence-electron chi connectivity index (χ0n) is 15.0. The fourth-order valence-electron chi connectivity index (χ4n) is 3.85. The Morgan fingerprint density at radius 2 is 1.81 bits per heavy atom. The van der Waals surface area contributed by atoms with Crippen molar-refractivity contribution in [3.8, 4) is 0 Å². The van der Waals surface area contributed by atoms with Crippen LogP contribution in [0.1, 0.15) is 41.1 Å². The molecule has 2 aromatic carbocycles. The van der Waals surface area contributed by atoms with E-state index in [0.717, 1.165) is 30.2 Å². The van der Waals surface area contributed by atoms with E-state index in [1.54, 1.807) is 11.1 Å². The number of ketones is 1. The first kappa shape index (κ1) is 17.8. The summed E-state index contributed by atoms with van der Waals surface area (Å²) in [5.74, 6) is -0.630. The molecule has 0 aliphatic carbocycles. The number of benzene rings is 2. The number of Topliss-reactive ketones (excluding diaryl/α,β-unsaturated/α-hetero) is 1. The van der Waals surface area contributed by atoms with Crippen LogP contribution in [0, 0.1) is 0 Å². The molecule has 1 aliphatic heterocycles. The number of hydrogen-bond acceptors (Lipinski definition) is 2. The number of hydrogen-bond donors (Lipinski definition) is 1. The third-order valence-electron chi connectivity index (χ3n) is 5.33. The molecule has 1 saturated heterocycles. The molecule has 0 saturated carbocycles. The molecule has 0 spiro atoms. The molecule has 3 aromatic rings. The lowest BCUT2D eigenvalue weighted by Crippen LogP contribution is -2.38. The molecule has 1 aromatic heterocycles. The number of para-hydroxylation sites is 1. The van der Waals surface area contributed by atoms with Crippen LogP contribution in [0.3, 0.4) is 0 Å². The Labute approximate surface area is 163 Å². The molecular formula is C22H21ClN2O2. The van der Waals surface area contributed by atoms with E-state index in [-0.39, 0.29) is 5.92 Å². The molecule has 1 fully saturated rings. The molecule has 1 aliphatic rings. The maximum atomic E-state index is 13.0. The molecular weight excluding hydrogens is 360 g/mol. The first-order valence-electron chi connectivity index (χ1n) is 9.28. The molecule has 1 amide bonds. The minimum Gasteiger partial charge on any atom is -0.360 e. The second-order valence-corrected chi connectivity index (χ2v) is 7.51. The van der Waals surface area contributed by atoms with Gasteiger partial charge in [0.1, 0.15) is 0 Å². The Morgan fingerprint density at radius 1 is 1.04 bits per heavy atom. The number of aromatic nitrogens is 1. The van der Waals surface area contributed by atoms with Gasteiger partial charge in [-0.25, -0.2) is 0 Å². The van der Waals surface area contributed by atoms with Gasteiger partial charge >= 0.3 is 0 Å². The van der Waals surface area contributed by atoms with Crippen molar-refractivity contribution in [1.82, 2.24) is 9.88 Å². The fraction of sp³-hybridized carbons (Fsp3) is 0.273. The van der Waals surface area contributed by atoms with Crippen LogP contribution < -0.4 is 0 Å². The van der Waals surface area contributed by atoms with Crippen molar-refractivity contribution in [2.75, 3.05) is 13.1 Å². The zero-order valence-corrected chi connectivity index (χ0v) is 15.7. The summed E-state index contributed by atoms with van der Waals surface area (Å²) in [5, 5.41) is 1.50. The van der Waals surface area contributed by atoms with E-state index in [2.05, 4.69) is 4.98 Å². The normalized spacial score (nSPS) is 17.7. The number of nitrogens with zero attached hydrogens (tertiary/aromatic N) is 1. The van der Waals surface area contributed by atoms with Crippen molar-refractivity contribution in [1.29, 1.82) is 0 Å². The van der Waals surface area contributed by atoms with Gasteiger partial charge in [-0.3, -0.25) is 9.59 Å². The third-order valence-corrected chi connectivity index (χ3v) is 5.58. The highest BCUT2D eigenvalue weighted by molar-refractivity contribution is 6.44. The van der Waals surface area contributed by atoms with Gasteiger partial charge in [0, 0.05) is 41.1 Å². The predicted octanol–water partition coefficient (Wildman–Crippen LogP) is 4.80. The van der Waals surface area contributed by atoms with Crippen LogP contribution in [0.2, 0.25) is 5.02 Å². The predicted molar refractivity (Wildman–Crippen MR) is 107 cm³/mol. The largest absolute Gasteiger partial charge is 0.360 e.